The van der Waals surface area contributed by atoms with Crippen molar-refractivity contribution in [2.75, 3.05) is 0 Å². The lowest BCUT2D eigenvalue weighted by Crippen LogP contribution is -2.14. The number of ether oxygens (including phenoxy) is 1. The molecule has 0 heterocycles. The van der Waals surface area contributed by atoms with E-state index in [1.165, 1.54) is 141 Å². The van der Waals surface area contributed by atoms with Crippen molar-refractivity contribution in [3.8, 4) is 0 Å². The molecule has 0 rings (SSSR count). The van der Waals surface area contributed by atoms with E-state index in [2.05, 4.69) is 31.2 Å². The van der Waals surface area contributed by atoms with Gasteiger partial charge in [0.1, 0.15) is 0 Å². The first-order chi connectivity index (χ1) is 21.6. The standard InChI is InChI=1S/C40H74O4/c1-3-4-5-6-7-8-9-10-11-12-13-14-15-16-17-18-22-25-28-31-34-37-40(43)44-38(2)35-32-29-26-23-20-19-21-24-27-30-33-36-39(41)42/h7-8,10-11,38H,3-6,9,12-37H2,1-2H3,(H,41,42)/b8-7-,11-10-. The summed E-state index contributed by atoms with van der Waals surface area (Å²) in [5.74, 6) is -0.683. The van der Waals surface area contributed by atoms with Gasteiger partial charge in [-0.3, -0.25) is 9.59 Å². The van der Waals surface area contributed by atoms with Crippen LogP contribution in [0.2, 0.25) is 0 Å². The summed E-state index contributed by atoms with van der Waals surface area (Å²) < 4.78 is 5.63. The molecule has 0 aromatic heterocycles. The van der Waals surface area contributed by atoms with Crippen molar-refractivity contribution in [2.24, 2.45) is 0 Å². The van der Waals surface area contributed by atoms with Gasteiger partial charge in [-0.05, 0) is 64.7 Å². The van der Waals surface area contributed by atoms with Gasteiger partial charge in [0, 0.05) is 12.8 Å². The third-order valence-corrected chi connectivity index (χ3v) is 8.67. The van der Waals surface area contributed by atoms with Gasteiger partial charge in [0.2, 0.25) is 0 Å². The number of hydrogen-bond donors (Lipinski definition) is 1. The third kappa shape index (κ3) is 36.6. The number of carbonyl (C=O) groups excluding carboxylic acids is 1. The minimum Gasteiger partial charge on any atom is -0.481 e. The summed E-state index contributed by atoms with van der Waals surface area (Å²) in [6.07, 6.45) is 46.1. The largest absolute Gasteiger partial charge is 0.481 e. The van der Waals surface area contributed by atoms with Crippen molar-refractivity contribution in [3.05, 3.63) is 24.3 Å². The van der Waals surface area contributed by atoms with E-state index in [4.69, 9.17) is 9.84 Å². The zero-order valence-corrected chi connectivity index (χ0v) is 29.5. The molecule has 44 heavy (non-hydrogen) atoms. The van der Waals surface area contributed by atoms with Crippen LogP contribution < -0.4 is 0 Å². The van der Waals surface area contributed by atoms with E-state index in [1.54, 1.807) is 0 Å². The fourth-order valence-electron chi connectivity index (χ4n) is 5.78. The quantitative estimate of drug-likeness (QED) is 0.0436. The van der Waals surface area contributed by atoms with Gasteiger partial charge in [0.25, 0.3) is 0 Å². The summed E-state index contributed by atoms with van der Waals surface area (Å²) in [5, 5.41) is 8.64. The highest BCUT2D eigenvalue weighted by Gasteiger charge is 2.09. The highest BCUT2D eigenvalue weighted by atomic mass is 16.5. The van der Waals surface area contributed by atoms with Gasteiger partial charge in [-0.15, -0.1) is 0 Å². The second-order valence-electron chi connectivity index (χ2n) is 13.2. The van der Waals surface area contributed by atoms with E-state index in [0.717, 1.165) is 44.9 Å². The van der Waals surface area contributed by atoms with Crippen LogP contribution in [-0.2, 0) is 14.3 Å². The van der Waals surface area contributed by atoms with Crippen LogP contribution in [0.1, 0.15) is 213 Å². The van der Waals surface area contributed by atoms with Gasteiger partial charge in [-0.25, -0.2) is 0 Å². The van der Waals surface area contributed by atoms with Gasteiger partial charge < -0.3 is 9.84 Å². The van der Waals surface area contributed by atoms with Crippen LogP contribution in [0.3, 0.4) is 0 Å². The fourth-order valence-corrected chi connectivity index (χ4v) is 5.78. The monoisotopic (exact) mass is 619 g/mol. The van der Waals surface area contributed by atoms with E-state index in [9.17, 15) is 9.59 Å². The van der Waals surface area contributed by atoms with E-state index >= 15 is 0 Å². The maximum atomic E-state index is 12.1. The fraction of sp³-hybridized carbons (Fsp3) is 0.850. The van der Waals surface area contributed by atoms with Crippen LogP contribution in [0.4, 0.5) is 0 Å². The SMILES string of the molecule is CCCCC/C=C\C/C=C\CCCCCCCCCCCCCC(=O)OC(C)CCCCCCCCCCCCCC(=O)O. The van der Waals surface area contributed by atoms with E-state index < -0.39 is 5.97 Å². The molecule has 1 atom stereocenters. The van der Waals surface area contributed by atoms with Crippen LogP contribution in [0.5, 0.6) is 0 Å². The summed E-state index contributed by atoms with van der Waals surface area (Å²) in [4.78, 5) is 22.6. The molecule has 0 fully saturated rings. The number of hydrogen-bond acceptors (Lipinski definition) is 3. The molecular formula is C40H74O4. The van der Waals surface area contributed by atoms with E-state index in [-0.39, 0.29) is 12.1 Å². The van der Waals surface area contributed by atoms with Gasteiger partial charge in [0.15, 0.2) is 0 Å². The molecule has 258 valence electrons. The zero-order valence-electron chi connectivity index (χ0n) is 29.5. The highest BCUT2D eigenvalue weighted by molar-refractivity contribution is 5.69. The molecule has 1 N–H and O–H groups in total. The van der Waals surface area contributed by atoms with Crippen molar-refractivity contribution in [3.63, 3.8) is 0 Å². The minimum atomic E-state index is -0.674. The molecule has 1 unspecified atom stereocenters. The maximum absolute atomic E-state index is 12.1. The Balaban J connectivity index is 3.32. The lowest BCUT2D eigenvalue weighted by Gasteiger charge is -2.13. The Hall–Kier alpha value is -1.58. The first kappa shape index (κ1) is 42.4. The number of esters is 1. The minimum absolute atomic E-state index is 0.00871. The molecule has 4 nitrogen and oxygen atoms in total. The Morgan fingerprint density at radius 1 is 0.523 bits per heavy atom. The third-order valence-electron chi connectivity index (χ3n) is 8.67. The number of carboxylic acid groups (broad SMARTS) is 1. The molecule has 0 amide bonds. The van der Waals surface area contributed by atoms with Gasteiger partial charge >= 0.3 is 11.9 Å². The molecule has 0 radical (unpaired) electrons. The highest BCUT2D eigenvalue weighted by Crippen LogP contribution is 2.16. The molecule has 0 bridgehead atoms. The average Bonchev–Trinajstić information content (AvgIpc) is 3.00. The van der Waals surface area contributed by atoms with E-state index in [0.29, 0.717) is 12.8 Å². The number of carboxylic acids is 1. The number of unbranched alkanes of at least 4 members (excludes halogenated alkanes) is 24. The summed E-state index contributed by atoms with van der Waals surface area (Å²) in [5.41, 5.74) is 0. The first-order valence-electron chi connectivity index (χ1n) is 19.3. The molecule has 0 aliphatic heterocycles. The Morgan fingerprint density at radius 2 is 0.909 bits per heavy atom. The topological polar surface area (TPSA) is 63.6 Å². The summed E-state index contributed by atoms with van der Waals surface area (Å²) in [7, 11) is 0. The molecule has 0 aliphatic carbocycles. The Kier molecular flexibility index (Phi) is 34.6. The molecule has 4 heteroatoms. The Morgan fingerprint density at radius 3 is 1.36 bits per heavy atom. The van der Waals surface area contributed by atoms with Gasteiger partial charge in [-0.2, -0.15) is 0 Å². The smallest absolute Gasteiger partial charge is 0.306 e. The van der Waals surface area contributed by atoms with Crippen molar-refractivity contribution in [1.29, 1.82) is 0 Å². The number of rotatable bonds is 35. The molecule has 0 aromatic carbocycles. The van der Waals surface area contributed by atoms with Crippen LogP contribution in [0.15, 0.2) is 24.3 Å². The van der Waals surface area contributed by atoms with Gasteiger partial charge in [-0.1, -0.05) is 160 Å². The van der Waals surface area contributed by atoms with Crippen molar-refractivity contribution in [1.82, 2.24) is 0 Å². The molecule has 0 aromatic rings. The van der Waals surface area contributed by atoms with Crippen molar-refractivity contribution in [2.45, 2.75) is 219 Å². The molecule has 0 saturated carbocycles. The lowest BCUT2D eigenvalue weighted by atomic mass is 10.0. The van der Waals surface area contributed by atoms with Crippen LogP contribution in [0.25, 0.3) is 0 Å². The maximum Gasteiger partial charge on any atom is 0.306 e. The Labute approximate surface area is 274 Å². The van der Waals surface area contributed by atoms with Crippen LogP contribution in [0, 0.1) is 0 Å². The first-order valence-corrected chi connectivity index (χ1v) is 19.3. The van der Waals surface area contributed by atoms with Crippen LogP contribution >= 0.6 is 0 Å². The molecular weight excluding hydrogens is 544 g/mol. The van der Waals surface area contributed by atoms with Crippen molar-refractivity contribution >= 4 is 11.9 Å². The second kappa shape index (κ2) is 35.9. The average molecular weight is 619 g/mol. The van der Waals surface area contributed by atoms with E-state index in [1.807, 2.05) is 6.92 Å². The number of allylic oxidation sites excluding steroid dienone is 4. The number of carbonyl (C=O) groups is 2. The second-order valence-corrected chi connectivity index (χ2v) is 13.2. The van der Waals surface area contributed by atoms with Gasteiger partial charge in [0.05, 0.1) is 6.10 Å². The molecule has 0 spiro atoms. The summed E-state index contributed by atoms with van der Waals surface area (Å²) >= 11 is 0. The molecule has 0 saturated heterocycles. The predicted octanol–water partition coefficient (Wildman–Crippen LogP) is 13.2. The predicted molar refractivity (Wildman–Crippen MR) is 190 cm³/mol. The van der Waals surface area contributed by atoms with Crippen molar-refractivity contribution < 1.29 is 19.4 Å². The summed E-state index contributed by atoms with van der Waals surface area (Å²) in [6.45, 7) is 4.30. The molecule has 0 aliphatic rings. The van der Waals surface area contributed by atoms with Crippen LogP contribution in [-0.4, -0.2) is 23.1 Å². The zero-order chi connectivity index (χ0) is 32.2. The summed E-state index contributed by atoms with van der Waals surface area (Å²) in [6, 6.07) is 0. The Bertz CT molecular complexity index is 668. The number of aliphatic carboxylic acids is 1. The normalized spacial score (nSPS) is 12.4. The lowest BCUT2D eigenvalue weighted by molar-refractivity contribution is -0.148.